The van der Waals surface area contributed by atoms with Crippen molar-refractivity contribution in [2.75, 3.05) is 18.5 Å². The predicted octanol–water partition coefficient (Wildman–Crippen LogP) is 3.05. The monoisotopic (exact) mass is 272 g/mol. The summed E-state index contributed by atoms with van der Waals surface area (Å²) in [5.41, 5.74) is 3.82. The van der Waals surface area contributed by atoms with E-state index in [1.807, 2.05) is 7.05 Å². The summed E-state index contributed by atoms with van der Waals surface area (Å²) in [6.45, 7) is 3.19. The first kappa shape index (κ1) is 13.6. The van der Waals surface area contributed by atoms with E-state index in [-0.39, 0.29) is 5.91 Å². The van der Waals surface area contributed by atoms with Crippen LogP contribution in [0.5, 0.6) is 0 Å². The average Bonchev–Trinajstić information content (AvgIpc) is 2.40. The zero-order chi connectivity index (χ0) is 14.1. The lowest BCUT2D eigenvalue weighted by atomic mass is 9.76. The molecule has 20 heavy (non-hydrogen) atoms. The van der Waals surface area contributed by atoms with Gasteiger partial charge in [-0.2, -0.15) is 0 Å². The second kappa shape index (κ2) is 5.57. The number of benzene rings is 1. The maximum Gasteiger partial charge on any atom is 0.227 e. The van der Waals surface area contributed by atoms with Crippen LogP contribution in [-0.2, 0) is 11.2 Å². The van der Waals surface area contributed by atoms with E-state index in [1.54, 1.807) is 4.90 Å². The van der Waals surface area contributed by atoms with Crippen molar-refractivity contribution < 1.29 is 4.79 Å². The zero-order valence-electron chi connectivity index (χ0n) is 12.5. The first-order valence-electron chi connectivity index (χ1n) is 7.83. The number of anilines is 1. The van der Waals surface area contributed by atoms with Gasteiger partial charge < -0.3 is 10.2 Å². The molecule has 3 rings (SSSR count). The summed E-state index contributed by atoms with van der Waals surface area (Å²) in [6.07, 6.45) is 5.58. The van der Waals surface area contributed by atoms with Gasteiger partial charge in [-0.15, -0.1) is 0 Å². The number of hydrogen-bond acceptors (Lipinski definition) is 2. The van der Waals surface area contributed by atoms with E-state index in [4.69, 9.17) is 0 Å². The number of amides is 1. The smallest absolute Gasteiger partial charge is 0.227 e. The number of nitrogens with one attached hydrogen (secondary N) is 1. The topological polar surface area (TPSA) is 32.3 Å². The molecule has 1 saturated carbocycles. The molecule has 0 aromatic heterocycles. The molecule has 108 valence electrons. The third-order valence-electron chi connectivity index (χ3n) is 4.85. The second-order valence-corrected chi connectivity index (χ2v) is 6.07. The largest absolute Gasteiger partial charge is 0.315 e. The van der Waals surface area contributed by atoms with Crippen LogP contribution in [0.4, 0.5) is 5.69 Å². The normalized spacial score (nSPS) is 20.5. The van der Waals surface area contributed by atoms with E-state index in [0.717, 1.165) is 24.6 Å². The minimum atomic E-state index is 0.229. The molecule has 3 heteroatoms. The van der Waals surface area contributed by atoms with Crippen LogP contribution in [0.25, 0.3) is 0 Å². The maximum atomic E-state index is 11.8. The van der Waals surface area contributed by atoms with E-state index in [0.29, 0.717) is 12.5 Å². The summed E-state index contributed by atoms with van der Waals surface area (Å²) in [4.78, 5) is 13.6. The van der Waals surface area contributed by atoms with Gasteiger partial charge >= 0.3 is 0 Å². The Labute approximate surface area is 121 Å². The van der Waals surface area contributed by atoms with Gasteiger partial charge in [-0.3, -0.25) is 4.79 Å². The van der Waals surface area contributed by atoms with Gasteiger partial charge in [0, 0.05) is 25.2 Å². The molecule has 1 N–H and O–H groups in total. The van der Waals surface area contributed by atoms with Gasteiger partial charge in [-0.25, -0.2) is 0 Å². The van der Waals surface area contributed by atoms with Crippen molar-refractivity contribution in [3.8, 4) is 0 Å². The number of aryl methyl sites for hydroxylation is 1. The van der Waals surface area contributed by atoms with Crippen LogP contribution in [0.1, 0.15) is 49.8 Å². The predicted molar refractivity (Wildman–Crippen MR) is 81.9 cm³/mol. The Kier molecular flexibility index (Phi) is 3.79. The van der Waals surface area contributed by atoms with Crippen LogP contribution < -0.4 is 10.2 Å². The zero-order valence-corrected chi connectivity index (χ0v) is 12.5. The lowest BCUT2D eigenvalue weighted by Gasteiger charge is -2.35. The molecule has 1 aliphatic carbocycles. The van der Waals surface area contributed by atoms with Crippen molar-refractivity contribution in [2.45, 2.75) is 45.1 Å². The van der Waals surface area contributed by atoms with E-state index in [1.165, 1.54) is 30.4 Å². The number of fused-ring (bicyclic) bond motifs is 1. The molecular weight excluding hydrogens is 248 g/mol. The first-order valence-corrected chi connectivity index (χ1v) is 7.83. The quantitative estimate of drug-likeness (QED) is 0.913. The summed E-state index contributed by atoms with van der Waals surface area (Å²) in [7, 11) is 1.88. The minimum absolute atomic E-state index is 0.229. The highest BCUT2D eigenvalue weighted by Crippen LogP contribution is 2.39. The van der Waals surface area contributed by atoms with Crippen LogP contribution in [0.15, 0.2) is 18.2 Å². The lowest BCUT2D eigenvalue weighted by Crippen LogP contribution is -2.33. The highest BCUT2D eigenvalue weighted by atomic mass is 16.2. The summed E-state index contributed by atoms with van der Waals surface area (Å²) >= 11 is 0. The molecule has 0 saturated heterocycles. The van der Waals surface area contributed by atoms with Crippen molar-refractivity contribution in [3.05, 3.63) is 29.3 Å². The van der Waals surface area contributed by atoms with Gasteiger partial charge in [0.2, 0.25) is 5.91 Å². The highest BCUT2D eigenvalue weighted by molar-refractivity contribution is 5.95. The molecule has 1 atom stereocenters. The molecule has 1 fully saturated rings. The van der Waals surface area contributed by atoms with Crippen molar-refractivity contribution in [1.29, 1.82) is 0 Å². The minimum Gasteiger partial charge on any atom is -0.315 e. The van der Waals surface area contributed by atoms with Gasteiger partial charge in [0.05, 0.1) is 0 Å². The second-order valence-electron chi connectivity index (χ2n) is 6.07. The van der Waals surface area contributed by atoms with Gasteiger partial charge in [0.25, 0.3) is 0 Å². The Bertz CT molecular complexity index is 508. The van der Waals surface area contributed by atoms with Crippen molar-refractivity contribution >= 4 is 11.6 Å². The fourth-order valence-electron chi connectivity index (χ4n) is 3.42. The molecule has 1 aromatic carbocycles. The molecule has 3 nitrogen and oxygen atoms in total. The third-order valence-corrected chi connectivity index (χ3v) is 4.85. The third kappa shape index (κ3) is 2.35. The number of hydrogen-bond donors (Lipinski definition) is 1. The molecule has 1 amide bonds. The van der Waals surface area contributed by atoms with Gasteiger partial charge in [0.15, 0.2) is 0 Å². The van der Waals surface area contributed by atoms with Gasteiger partial charge in [-0.1, -0.05) is 25.5 Å². The Balaban J connectivity index is 1.88. The number of nitrogens with zero attached hydrogens (tertiary/aromatic N) is 1. The summed E-state index contributed by atoms with van der Waals surface area (Å²) in [5, 5.41) is 3.65. The number of carbonyl (C=O) groups is 1. The molecule has 1 aliphatic heterocycles. The first-order chi connectivity index (χ1) is 9.70. The molecule has 1 heterocycles. The Morgan fingerprint density at radius 2 is 2.15 bits per heavy atom. The average molecular weight is 272 g/mol. The molecule has 1 unspecified atom stereocenters. The van der Waals surface area contributed by atoms with E-state index < -0.39 is 0 Å². The fraction of sp³-hybridized carbons (Fsp3) is 0.588. The summed E-state index contributed by atoms with van der Waals surface area (Å²) < 4.78 is 0. The summed E-state index contributed by atoms with van der Waals surface area (Å²) in [5.74, 6) is 1.02. The molecule has 0 radical (unpaired) electrons. The Morgan fingerprint density at radius 1 is 1.35 bits per heavy atom. The van der Waals surface area contributed by atoms with Crippen molar-refractivity contribution in [2.24, 2.45) is 5.92 Å². The van der Waals surface area contributed by atoms with Crippen LogP contribution in [0.2, 0.25) is 0 Å². The van der Waals surface area contributed by atoms with E-state index in [2.05, 4.69) is 30.4 Å². The maximum absolute atomic E-state index is 11.8. The van der Waals surface area contributed by atoms with Gasteiger partial charge in [-0.05, 0) is 48.9 Å². The molecular formula is C17H24N2O. The molecule has 0 spiro atoms. The van der Waals surface area contributed by atoms with Gasteiger partial charge in [0.1, 0.15) is 0 Å². The number of carbonyl (C=O) groups excluding carboxylic acids is 1. The van der Waals surface area contributed by atoms with E-state index >= 15 is 0 Å². The SMILES string of the molecule is CCNC(c1ccc2c(c1)CCC(=O)N2C)C1CCC1. The number of rotatable bonds is 4. The molecule has 1 aromatic rings. The van der Waals surface area contributed by atoms with Crippen LogP contribution >= 0.6 is 0 Å². The lowest BCUT2D eigenvalue weighted by molar-refractivity contribution is -0.118. The van der Waals surface area contributed by atoms with E-state index in [9.17, 15) is 4.79 Å². The molecule has 2 aliphatic rings. The van der Waals surface area contributed by atoms with Crippen LogP contribution in [0.3, 0.4) is 0 Å². The fourth-order valence-corrected chi connectivity index (χ4v) is 3.42. The van der Waals surface area contributed by atoms with Crippen LogP contribution in [-0.4, -0.2) is 19.5 Å². The standard InChI is InChI=1S/C17H24N2O/c1-3-18-17(12-5-4-6-12)14-7-9-15-13(11-14)8-10-16(20)19(15)2/h7,9,11-12,17-18H,3-6,8,10H2,1-2H3. The van der Waals surface area contributed by atoms with Crippen molar-refractivity contribution in [3.63, 3.8) is 0 Å². The highest BCUT2D eigenvalue weighted by Gasteiger charge is 2.29. The van der Waals surface area contributed by atoms with Crippen LogP contribution in [0, 0.1) is 5.92 Å². The molecule has 0 bridgehead atoms. The Morgan fingerprint density at radius 3 is 2.80 bits per heavy atom. The summed E-state index contributed by atoms with van der Waals surface area (Å²) in [6, 6.07) is 7.15. The van der Waals surface area contributed by atoms with Crippen molar-refractivity contribution in [1.82, 2.24) is 5.32 Å². The Hall–Kier alpha value is -1.35.